The Morgan fingerprint density at radius 2 is 2.40 bits per heavy atom. The van der Waals surface area contributed by atoms with Gasteiger partial charge in [0.05, 0.1) is 5.54 Å². The van der Waals surface area contributed by atoms with Crippen LogP contribution < -0.4 is 10.6 Å². The number of carbonyl (C=O) groups excluding carboxylic acids is 2. The molecule has 108 valence electrons. The van der Waals surface area contributed by atoms with Gasteiger partial charge in [-0.2, -0.15) is 0 Å². The zero-order chi connectivity index (χ0) is 14.2. The van der Waals surface area contributed by atoms with Crippen LogP contribution in [0.5, 0.6) is 0 Å². The van der Waals surface area contributed by atoms with Crippen LogP contribution >= 0.6 is 11.3 Å². The summed E-state index contributed by atoms with van der Waals surface area (Å²) in [5.41, 5.74) is -0.131. The van der Waals surface area contributed by atoms with Crippen LogP contribution in [0.1, 0.15) is 30.6 Å². The second-order valence-electron chi connectivity index (χ2n) is 5.79. The van der Waals surface area contributed by atoms with Gasteiger partial charge >= 0.3 is 6.03 Å². The molecule has 1 aromatic rings. The number of hydrogen-bond donors (Lipinski definition) is 2. The lowest BCUT2D eigenvalue weighted by Crippen LogP contribution is -2.69. The number of nitrogens with zero attached hydrogens (tertiary/aromatic N) is 1. The van der Waals surface area contributed by atoms with Gasteiger partial charge in [-0.1, -0.05) is 13.0 Å². The Morgan fingerprint density at radius 1 is 1.60 bits per heavy atom. The molecule has 5 nitrogen and oxygen atoms in total. The van der Waals surface area contributed by atoms with Gasteiger partial charge in [-0.3, -0.25) is 4.79 Å². The Balaban J connectivity index is 1.44. The van der Waals surface area contributed by atoms with Crippen molar-refractivity contribution in [2.75, 3.05) is 19.6 Å². The van der Waals surface area contributed by atoms with E-state index in [2.05, 4.69) is 29.0 Å². The standard InChI is InChI=1S/C14H19N3O2S/c1-10(11-3-2-6-20-11)7-15-13(19)17-8-14(9-17)5-4-12(18)16-14/h2-3,6,10H,4-5,7-9H2,1H3,(H,15,19)(H,16,18). The molecule has 2 saturated heterocycles. The average Bonchev–Trinajstić information content (AvgIpc) is 3.02. The van der Waals surface area contributed by atoms with Crippen molar-refractivity contribution in [1.29, 1.82) is 0 Å². The SMILES string of the molecule is CC(CNC(=O)N1CC2(CCC(=O)N2)C1)c1cccs1. The van der Waals surface area contributed by atoms with E-state index in [0.717, 1.165) is 6.42 Å². The molecule has 0 radical (unpaired) electrons. The fourth-order valence-corrected chi connectivity index (χ4v) is 3.65. The first-order chi connectivity index (χ1) is 9.58. The maximum absolute atomic E-state index is 12.0. The summed E-state index contributed by atoms with van der Waals surface area (Å²) in [5, 5.41) is 8.00. The molecular formula is C14H19N3O2S. The van der Waals surface area contributed by atoms with Crippen LogP contribution in [0.25, 0.3) is 0 Å². The molecule has 0 aliphatic carbocycles. The van der Waals surface area contributed by atoms with Gasteiger partial charge in [0.15, 0.2) is 0 Å². The third kappa shape index (κ3) is 2.52. The minimum atomic E-state index is -0.131. The number of likely N-dealkylation sites (tertiary alicyclic amines) is 1. The van der Waals surface area contributed by atoms with E-state index in [1.165, 1.54) is 4.88 Å². The lowest BCUT2D eigenvalue weighted by Gasteiger charge is -2.47. The quantitative estimate of drug-likeness (QED) is 0.888. The first-order valence-electron chi connectivity index (χ1n) is 6.95. The van der Waals surface area contributed by atoms with Crippen LogP contribution in [-0.4, -0.2) is 42.0 Å². The molecule has 1 unspecified atom stereocenters. The maximum Gasteiger partial charge on any atom is 0.317 e. The summed E-state index contributed by atoms with van der Waals surface area (Å²) >= 11 is 1.71. The van der Waals surface area contributed by atoms with Gasteiger partial charge in [0.25, 0.3) is 0 Å². The molecule has 1 aromatic heterocycles. The molecule has 2 fully saturated rings. The first kappa shape index (κ1) is 13.4. The summed E-state index contributed by atoms with van der Waals surface area (Å²) < 4.78 is 0. The van der Waals surface area contributed by atoms with E-state index in [-0.39, 0.29) is 17.5 Å². The van der Waals surface area contributed by atoms with Crippen molar-refractivity contribution in [1.82, 2.24) is 15.5 Å². The number of hydrogen-bond acceptors (Lipinski definition) is 3. The second-order valence-corrected chi connectivity index (χ2v) is 6.77. The topological polar surface area (TPSA) is 61.4 Å². The number of thiophene rings is 1. The summed E-state index contributed by atoms with van der Waals surface area (Å²) in [5.74, 6) is 0.441. The fourth-order valence-electron chi connectivity index (χ4n) is 2.86. The highest BCUT2D eigenvalue weighted by Crippen LogP contribution is 2.30. The Labute approximate surface area is 122 Å². The molecule has 6 heteroatoms. The van der Waals surface area contributed by atoms with E-state index in [9.17, 15) is 9.59 Å². The fraction of sp³-hybridized carbons (Fsp3) is 0.571. The molecular weight excluding hydrogens is 274 g/mol. The van der Waals surface area contributed by atoms with Crippen molar-refractivity contribution in [3.8, 4) is 0 Å². The summed E-state index contributed by atoms with van der Waals surface area (Å²) in [7, 11) is 0. The van der Waals surface area contributed by atoms with E-state index in [1.807, 2.05) is 6.07 Å². The Morgan fingerprint density at radius 3 is 3.00 bits per heavy atom. The number of rotatable bonds is 3. The van der Waals surface area contributed by atoms with Gasteiger partial charge in [-0.05, 0) is 17.9 Å². The lowest BCUT2D eigenvalue weighted by atomic mass is 9.89. The van der Waals surface area contributed by atoms with Crippen molar-refractivity contribution in [2.24, 2.45) is 0 Å². The minimum absolute atomic E-state index is 0.0276. The molecule has 2 aliphatic rings. The molecule has 1 spiro atoms. The van der Waals surface area contributed by atoms with Gasteiger partial charge in [0.1, 0.15) is 0 Å². The highest BCUT2D eigenvalue weighted by molar-refractivity contribution is 7.10. The van der Waals surface area contributed by atoms with Crippen LogP contribution in [0.4, 0.5) is 4.79 Å². The minimum Gasteiger partial charge on any atom is -0.347 e. The highest BCUT2D eigenvalue weighted by Gasteiger charge is 2.49. The van der Waals surface area contributed by atoms with Gasteiger partial charge < -0.3 is 15.5 Å². The molecule has 3 heterocycles. The molecule has 0 saturated carbocycles. The molecule has 2 N–H and O–H groups in total. The van der Waals surface area contributed by atoms with Gasteiger partial charge in [0.2, 0.25) is 5.91 Å². The van der Waals surface area contributed by atoms with Crippen molar-refractivity contribution in [3.05, 3.63) is 22.4 Å². The lowest BCUT2D eigenvalue weighted by molar-refractivity contribution is -0.120. The average molecular weight is 293 g/mol. The zero-order valence-corrected chi connectivity index (χ0v) is 12.3. The van der Waals surface area contributed by atoms with Crippen molar-refractivity contribution in [2.45, 2.75) is 31.2 Å². The van der Waals surface area contributed by atoms with E-state index in [4.69, 9.17) is 0 Å². The highest BCUT2D eigenvalue weighted by atomic mass is 32.1. The zero-order valence-electron chi connectivity index (χ0n) is 11.5. The van der Waals surface area contributed by atoms with Crippen LogP contribution in [-0.2, 0) is 4.79 Å². The van der Waals surface area contributed by atoms with Crippen LogP contribution in [0.15, 0.2) is 17.5 Å². The maximum atomic E-state index is 12.0. The normalized spacial score (nSPS) is 21.4. The number of amides is 3. The molecule has 2 aliphatic heterocycles. The number of nitrogens with one attached hydrogen (secondary N) is 2. The Kier molecular flexibility index (Phi) is 3.41. The molecule has 0 aromatic carbocycles. The van der Waals surface area contributed by atoms with E-state index < -0.39 is 0 Å². The van der Waals surface area contributed by atoms with Gasteiger partial charge in [-0.25, -0.2) is 4.79 Å². The van der Waals surface area contributed by atoms with Crippen LogP contribution in [0, 0.1) is 0 Å². The smallest absolute Gasteiger partial charge is 0.317 e. The molecule has 0 bridgehead atoms. The van der Waals surface area contributed by atoms with Crippen molar-refractivity contribution >= 4 is 23.3 Å². The molecule has 20 heavy (non-hydrogen) atoms. The predicted octanol–water partition coefficient (Wildman–Crippen LogP) is 1.53. The van der Waals surface area contributed by atoms with Crippen LogP contribution in [0.2, 0.25) is 0 Å². The third-order valence-corrected chi connectivity index (χ3v) is 5.20. The van der Waals surface area contributed by atoms with E-state index in [0.29, 0.717) is 32.0 Å². The largest absolute Gasteiger partial charge is 0.347 e. The predicted molar refractivity (Wildman–Crippen MR) is 77.8 cm³/mol. The Hall–Kier alpha value is -1.56. The summed E-state index contributed by atoms with van der Waals surface area (Å²) in [4.78, 5) is 26.3. The van der Waals surface area contributed by atoms with Crippen LogP contribution in [0.3, 0.4) is 0 Å². The molecule has 3 amide bonds. The monoisotopic (exact) mass is 293 g/mol. The number of carbonyl (C=O) groups is 2. The van der Waals surface area contributed by atoms with Gasteiger partial charge in [0, 0.05) is 36.9 Å². The number of urea groups is 1. The van der Waals surface area contributed by atoms with Crippen molar-refractivity contribution in [3.63, 3.8) is 0 Å². The third-order valence-electron chi connectivity index (χ3n) is 4.10. The van der Waals surface area contributed by atoms with E-state index >= 15 is 0 Å². The summed E-state index contributed by atoms with van der Waals surface area (Å²) in [6, 6.07) is 4.09. The molecule has 1 atom stereocenters. The first-order valence-corrected chi connectivity index (χ1v) is 7.83. The van der Waals surface area contributed by atoms with E-state index in [1.54, 1.807) is 16.2 Å². The Bertz CT molecular complexity index is 508. The second kappa shape index (κ2) is 5.09. The van der Waals surface area contributed by atoms with Crippen molar-refractivity contribution < 1.29 is 9.59 Å². The summed E-state index contributed by atoms with van der Waals surface area (Å²) in [6.45, 7) is 4.03. The molecule has 3 rings (SSSR count). The summed E-state index contributed by atoms with van der Waals surface area (Å²) in [6.07, 6.45) is 1.44. The van der Waals surface area contributed by atoms with Gasteiger partial charge in [-0.15, -0.1) is 11.3 Å².